The Hall–Kier alpha value is -0.790. The molecule has 2 rings (SSSR count). The molecule has 0 amide bonds. The van der Waals surface area contributed by atoms with Gasteiger partial charge in [0.05, 0.1) is 5.69 Å². The number of nitrogens with one attached hydrogen (secondary N) is 1. The van der Waals surface area contributed by atoms with E-state index < -0.39 is 0 Å². The second kappa shape index (κ2) is 8.60. The first-order valence-corrected chi connectivity index (χ1v) is 7.65. The lowest BCUT2D eigenvalue weighted by Crippen LogP contribution is -2.39. The minimum atomic E-state index is 0. The van der Waals surface area contributed by atoms with Gasteiger partial charge in [0.2, 0.25) is 0 Å². The molecule has 6 heteroatoms. The van der Waals surface area contributed by atoms with E-state index >= 15 is 0 Å². The average molecular weight is 405 g/mol. The standard InChI is InChI=1S/C15H27N5.HI/c1-5-16-15(20-10-6-7-11-20)17-9-8-14-12(2)18-19(4)13(14)3;/h5-11H2,1-4H3,(H,16,17);1H. The molecule has 0 atom stereocenters. The number of hydrogen-bond acceptors (Lipinski definition) is 2. The first-order valence-electron chi connectivity index (χ1n) is 7.65. The van der Waals surface area contributed by atoms with Crippen molar-refractivity contribution in [3.8, 4) is 0 Å². The van der Waals surface area contributed by atoms with E-state index in [2.05, 4.69) is 36.1 Å². The Kier molecular flexibility index (Phi) is 7.48. The van der Waals surface area contributed by atoms with Crippen molar-refractivity contribution < 1.29 is 0 Å². The molecule has 120 valence electrons. The van der Waals surface area contributed by atoms with E-state index in [4.69, 9.17) is 4.99 Å². The van der Waals surface area contributed by atoms with Crippen molar-refractivity contribution >= 4 is 29.9 Å². The van der Waals surface area contributed by atoms with Crippen molar-refractivity contribution in [2.75, 3.05) is 26.2 Å². The van der Waals surface area contributed by atoms with Crippen molar-refractivity contribution in [2.45, 2.75) is 40.0 Å². The van der Waals surface area contributed by atoms with Crippen LogP contribution in [0.2, 0.25) is 0 Å². The Morgan fingerprint density at radius 2 is 1.95 bits per heavy atom. The predicted molar refractivity (Wildman–Crippen MR) is 98.6 cm³/mol. The highest BCUT2D eigenvalue weighted by Gasteiger charge is 2.15. The summed E-state index contributed by atoms with van der Waals surface area (Å²) < 4.78 is 1.96. The van der Waals surface area contributed by atoms with E-state index in [0.29, 0.717) is 0 Å². The van der Waals surface area contributed by atoms with Crippen molar-refractivity contribution in [2.24, 2.45) is 12.0 Å². The lowest BCUT2D eigenvalue weighted by atomic mass is 10.1. The fourth-order valence-corrected chi connectivity index (χ4v) is 2.81. The fraction of sp³-hybridized carbons (Fsp3) is 0.733. The molecule has 0 spiro atoms. The lowest BCUT2D eigenvalue weighted by Gasteiger charge is -2.20. The van der Waals surface area contributed by atoms with Crippen LogP contribution in [0.3, 0.4) is 0 Å². The Balaban J connectivity index is 0.00000220. The summed E-state index contributed by atoms with van der Waals surface area (Å²) >= 11 is 0. The van der Waals surface area contributed by atoms with Gasteiger partial charge in [0.25, 0.3) is 0 Å². The molecule has 0 bridgehead atoms. The van der Waals surface area contributed by atoms with Crippen LogP contribution in [0.4, 0.5) is 0 Å². The number of aromatic nitrogens is 2. The number of aliphatic imine (C=N–C) groups is 1. The largest absolute Gasteiger partial charge is 0.357 e. The number of aryl methyl sites for hydroxylation is 2. The first kappa shape index (κ1) is 18.3. The van der Waals surface area contributed by atoms with Gasteiger partial charge >= 0.3 is 0 Å². The van der Waals surface area contributed by atoms with Gasteiger partial charge in [-0.05, 0) is 45.6 Å². The first-order chi connectivity index (χ1) is 9.63. The molecule has 1 aromatic heterocycles. The molecule has 1 aliphatic heterocycles. The maximum Gasteiger partial charge on any atom is 0.193 e. The number of nitrogens with zero attached hydrogens (tertiary/aromatic N) is 4. The van der Waals surface area contributed by atoms with Crippen LogP contribution < -0.4 is 5.32 Å². The molecule has 1 aromatic rings. The van der Waals surface area contributed by atoms with Crippen LogP contribution in [0.5, 0.6) is 0 Å². The molecule has 0 aliphatic carbocycles. The van der Waals surface area contributed by atoms with Crippen molar-refractivity contribution in [1.82, 2.24) is 20.0 Å². The van der Waals surface area contributed by atoms with Gasteiger partial charge in [0.15, 0.2) is 5.96 Å². The van der Waals surface area contributed by atoms with Crippen LogP contribution in [0.1, 0.15) is 36.7 Å². The molecule has 1 aliphatic rings. The maximum absolute atomic E-state index is 4.78. The van der Waals surface area contributed by atoms with E-state index in [1.807, 2.05) is 11.7 Å². The molecule has 1 N–H and O–H groups in total. The van der Waals surface area contributed by atoms with Crippen LogP contribution >= 0.6 is 24.0 Å². The molecule has 0 unspecified atom stereocenters. The molecule has 5 nitrogen and oxygen atoms in total. The smallest absolute Gasteiger partial charge is 0.193 e. The summed E-state index contributed by atoms with van der Waals surface area (Å²) in [4.78, 5) is 7.14. The van der Waals surface area contributed by atoms with Crippen LogP contribution in [0, 0.1) is 13.8 Å². The van der Waals surface area contributed by atoms with E-state index in [9.17, 15) is 0 Å². The van der Waals surface area contributed by atoms with Crippen LogP contribution in [0.15, 0.2) is 4.99 Å². The van der Waals surface area contributed by atoms with E-state index in [0.717, 1.165) is 44.3 Å². The molecular formula is C15H28IN5. The van der Waals surface area contributed by atoms with Gasteiger partial charge < -0.3 is 10.2 Å². The summed E-state index contributed by atoms with van der Waals surface area (Å²) in [6.07, 6.45) is 3.53. The highest BCUT2D eigenvalue weighted by molar-refractivity contribution is 14.0. The van der Waals surface area contributed by atoms with Crippen LogP contribution in [-0.4, -0.2) is 46.8 Å². The molecule has 0 aromatic carbocycles. The normalized spacial score (nSPS) is 15.2. The average Bonchev–Trinajstić information content (AvgIpc) is 3.02. The Morgan fingerprint density at radius 1 is 1.29 bits per heavy atom. The minimum Gasteiger partial charge on any atom is -0.357 e. The fourth-order valence-electron chi connectivity index (χ4n) is 2.81. The Morgan fingerprint density at radius 3 is 2.48 bits per heavy atom. The van der Waals surface area contributed by atoms with Gasteiger partial charge in [0.1, 0.15) is 0 Å². The van der Waals surface area contributed by atoms with E-state index in [1.54, 1.807) is 0 Å². The highest BCUT2D eigenvalue weighted by Crippen LogP contribution is 2.13. The zero-order valence-corrected chi connectivity index (χ0v) is 16.0. The molecule has 1 saturated heterocycles. The number of guanidine groups is 1. The monoisotopic (exact) mass is 405 g/mol. The highest BCUT2D eigenvalue weighted by atomic mass is 127. The molecular weight excluding hydrogens is 377 g/mol. The van der Waals surface area contributed by atoms with E-state index in [-0.39, 0.29) is 24.0 Å². The van der Waals surface area contributed by atoms with Gasteiger partial charge in [-0.1, -0.05) is 0 Å². The quantitative estimate of drug-likeness (QED) is 0.475. The van der Waals surface area contributed by atoms with Crippen LogP contribution in [-0.2, 0) is 13.5 Å². The van der Waals surface area contributed by atoms with Crippen molar-refractivity contribution in [3.05, 3.63) is 17.0 Å². The minimum absolute atomic E-state index is 0. The summed E-state index contributed by atoms with van der Waals surface area (Å²) in [5.41, 5.74) is 3.73. The summed E-state index contributed by atoms with van der Waals surface area (Å²) in [6.45, 7) is 10.4. The van der Waals surface area contributed by atoms with Crippen molar-refractivity contribution in [1.29, 1.82) is 0 Å². The maximum atomic E-state index is 4.78. The van der Waals surface area contributed by atoms with Gasteiger partial charge in [-0.2, -0.15) is 5.10 Å². The topological polar surface area (TPSA) is 45.5 Å². The number of rotatable bonds is 4. The Bertz CT molecular complexity index is 475. The molecule has 1 fully saturated rings. The van der Waals surface area contributed by atoms with Gasteiger partial charge in [-0.25, -0.2) is 0 Å². The molecule has 2 heterocycles. The predicted octanol–water partition coefficient (Wildman–Crippen LogP) is 2.26. The number of halogens is 1. The van der Waals surface area contributed by atoms with Gasteiger partial charge in [-0.15, -0.1) is 24.0 Å². The summed E-state index contributed by atoms with van der Waals surface area (Å²) in [6, 6.07) is 0. The zero-order chi connectivity index (χ0) is 14.5. The third-order valence-corrected chi connectivity index (χ3v) is 4.02. The van der Waals surface area contributed by atoms with Gasteiger partial charge in [-0.3, -0.25) is 9.67 Å². The van der Waals surface area contributed by atoms with Gasteiger partial charge in [0, 0.05) is 38.9 Å². The van der Waals surface area contributed by atoms with Crippen molar-refractivity contribution in [3.63, 3.8) is 0 Å². The van der Waals surface area contributed by atoms with Crippen LogP contribution in [0.25, 0.3) is 0 Å². The lowest BCUT2D eigenvalue weighted by molar-refractivity contribution is 0.494. The summed E-state index contributed by atoms with van der Waals surface area (Å²) in [5, 5.41) is 7.86. The van der Waals surface area contributed by atoms with E-state index in [1.165, 1.54) is 24.1 Å². The zero-order valence-electron chi connectivity index (χ0n) is 13.6. The summed E-state index contributed by atoms with van der Waals surface area (Å²) in [5.74, 6) is 1.07. The molecule has 0 saturated carbocycles. The second-order valence-corrected chi connectivity index (χ2v) is 5.45. The second-order valence-electron chi connectivity index (χ2n) is 5.45. The molecule has 21 heavy (non-hydrogen) atoms. The third kappa shape index (κ3) is 4.59. The third-order valence-electron chi connectivity index (χ3n) is 4.02. The summed E-state index contributed by atoms with van der Waals surface area (Å²) in [7, 11) is 2.00. The SMILES string of the molecule is CCNC(=NCCc1c(C)nn(C)c1C)N1CCCC1.I. The number of hydrogen-bond donors (Lipinski definition) is 1. The number of likely N-dealkylation sites (tertiary alicyclic amines) is 1. The molecule has 0 radical (unpaired) electrons. The Labute approximate surface area is 145 Å².